The second-order valence-corrected chi connectivity index (χ2v) is 6.92. The molecule has 1 aromatic heterocycles. The van der Waals surface area contributed by atoms with Gasteiger partial charge in [-0.2, -0.15) is 0 Å². The third kappa shape index (κ3) is 4.77. The van der Waals surface area contributed by atoms with Crippen LogP contribution in [0.3, 0.4) is 0 Å². The van der Waals surface area contributed by atoms with Gasteiger partial charge >= 0.3 is 0 Å². The average Bonchev–Trinajstić information content (AvgIpc) is 3.09. The summed E-state index contributed by atoms with van der Waals surface area (Å²) >= 11 is 1.26. The number of hydrogen-bond donors (Lipinski definition) is 1. The van der Waals surface area contributed by atoms with E-state index in [2.05, 4.69) is 15.5 Å². The Bertz CT molecular complexity index is 973. The van der Waals surface area contributed by atoms with Crippen LogP contribution < -0.4 is 10.4 Å². The van der Waals surface area contributed by atoms with Crippen molar-refractivity contribution < 1.29 is 14.7 Å². The van der Waals surface area contributed by atoms with Gasteiger partial charge < -0.3 is 19.8 Å². The van der Waals surface area contributed by atoms with Crippen LogP contribution in [0.5, 0.6) is 0 Å². The number of carboxylic acids is 1. The number of anilines is 1. The average molecular weight is 395 g/mol. The van der Waals surface area contributed by atoms with Gasteiger partial charge in [0.05, 0.1) is 11.7 Å². The number of carbonyl (C=O) groups excluding carboxylic acids is 2. The Kier molecular flexibility index (Phi) is 6.44. The molecule has 0 aliphatic rings. The van der Waals surface area contributed by atoms with E-state index in [1.54, 1.807) is 12.1 Å². The summed E-state index contributed by atoms with van der Waals surface area (Å²) in [5.41, 5.74) is 1.30. The predicted octanol–water partition coefficient (Wildman–Crippen LogP) is 1.98. The second kappa shape index (κ2) is 9.18. The monoisotopic (exact) mass is 395 g/mol. The number of thioether (sulfide) groups is 1. The lowest BCUT2D eigenvalue weighted by atomic mass is 10.1. The molecule has 0 radical (unpaired) electrons. The number of nitrogens with one attached hydrogen (secondary N) is 1. The Labute approximate surface area is 166 Å². The molecule has 2 aromatic carbocycles. The molecular weight excluding hydrogens is 376 g/mol. The van der Waals surface area contributed by atoms with E-state index in [-0.39, 0.29) is 22.9 Å². The highest BCUT2D eigenvalue weighted by molar-refractivity contribution is 7.99. The lowest BCUT2D eigenvalue weighted by Crippen LogP contribution is -2.25. The van der Waals surface area contributed by atoms with Gasteiger partial charge in [0.1, 0.15) is 5.82 Å². The highest BCUT2D eigenvalue weighted by atomic mass is 32.2. The minimum atomic E-state index is -1.33. The molecule has 3 aromatic rings. The normalized spacial score (nSPS) is 10.6. The lowest BCUT2D eigenvalue weighted by molar-refractivity contribution is -0.254. The molecule has 0 fully saturated rings. The molecule has 0 aliphatic carbocycles. The Hall–Kier alpha value is -3.13. The van der Waals surface area contributed by atoms with E-state index in [9.17, 15) is 14.7 Å². The standard InChI is InChI=1S/C20H20N4O3S/c1-2-24-17(12-14-8-4-3-5-9-14)22-23-20(24)28-13-18(25)21-16-11-7-6-10-15(16)19(26)27/h3-11H,2,12-13H2,1H3,(H,21,25)(H,26,27)/p-1. The summed E-state index contributed by atoms with van der Waals surface area (Å²) in [6, 6.07) is 16.1. The third-order valence-electron chi connectivity index (χ3n) is 4.07. The van der Waals surface area contributed by atoms with Gasteiger partial charge in [0.2, 0.25) is 5.91 Å². The molecule has 0 aliphatic heterocycles. The molecule has 3 rings (SSSR count). The molecule has 1 N–H and O–H groups in total. The zero-order valence-corrected chi connectivity index (χ0v) is 16.1. The Balaban J connectivity index is 1.65. The third-order valence-corrected chi connectivity index (χ3v) is 5.03. The maximum atomic E-state index is 12.3. The van der Waals surface area contributed by atoms with Crippen LogP contribution in [0.1, 0.15) is 28.7 Å². The molecule has 0 spiro atoms. The van der Waals surface area contributed by atoms with Crippen LogP contribution in [0.15, 0.2) is 59.8 Å². The molecule has 28 heavy (non-hydrogen) atoms. The lowest BCUT2D eigenvalue weighted by Gasteiger charge is -2.11. The molecule has 0 unspecified atom stereocenters. The van der Waals surface area contributed by atoms with E-state index in [1.165, 1.54) is 23.9 Å². The van der Waals surface area contributed by atoms with E-state index >= 15 is 0 Å². The number of carbonyl (C=O) groups is 2. The molecule has 0 atom stereocenters. The fourth-order valence-electron chi connectivity index (χ4n) is 2.74. The number of benzene rings is 2. The van der Waals surface area contributed by atoms with Gasteiger partial charge in [0, 0.05) is 24.2 Å². The van der Waals surface area contributed by atoms with Crippen molar-refractivity contribution in [3.63, 3.8) is 0 Å². The quantitative estimate of drug-likeness (QED) is 0.586. The molecule has 0 saturated heterocycles. The molecule has 144 valence electrons. The molecule has 1 heterocycles. The number of nitrogens with zero attached hydrogens (tertiary/aromatic N) is 3. The molecule has 7 nitrogen and oxygen atoms in total. The highest BCUT2D eigenvalue weighted by Crippen LogP contribution is 2.20. The molecule has 1 amide bonds. The zero-order chi connectivity index (χ0) is 19.9. The Morgan fingerprint density at radius 2 is 1.79 bits per heavy atom. The second-order valence-electron chi connectivity index (χ2n) is 5.98. The predicted molar refractivity (Wildman–Crippen MR) is 105 cm³/mol. The summed E-state index contributed by atoms with van der Waals surface area (Å²) in [6.07, 6.45) is 0.660. The maximum absolute atomic E-state index is 12.3. The van der Waals surface area contributed by atoms with Crippen molar-refractivity contribution in [2.75, 3.05) is 11.1 Å². The molecule has 0 bridgehead atoms. The summed E-state index contributed by atoms with van der Waals surface area (Å²) in [6.45, 7) is 2.69. The Morgan fingerprint density at radius 3 is 2.50 bits per heavy atom. The molecule has 8 heteroatoms. The van der Waals surface area contributed by atoms with Crippen LogP contribution in [-0.4, -0.2) is 32.4 Å². The number of aromatic carboxylic acids is 1. The fourth-order valence-corrected chi connectivity index (χ4v) is 3.56. The van der Waals surface area contributed by atoms with Gasteiger partial charge in [-0.25, -0.2) is 0 Å². The van der Waals surface area contributed by atoms with Crippen LogP contribution in [-0.2, 0) is 17.8 Å². The number of hydrogen-bond acceptors (Lipinski definition) is 6. The van der Waals surface area contributed by atoms with Crippen molar-refractivity contribution in [1.29, 1.82) is 0 Å². The molecular formula is C20H19N4O3S-. The Morgan fingerprint density at radius 1 is 1.07 bits per heavy atom. The van der Waals surface area contributed by atoms with Crippen molar-refractivity contribution in [3.05, 3.63) is 71.5 Å². The van der Waals surface area contributed by atoms with E-state index in [0.29, 0.717) is 18.1 Å². The van der Waals surface area contributed by atoms with Crippen molar-refractivity contribution >= 4 is 29.3 Å². The van der Waals surface area contributed by atoms with Gasteiger partial charge in [-0.1, -0.05) is 60.3 Å². The van der Waals surface area contributed by atoms with Crippen LogP contribution >= 0.6 is 11.8 Å². The van der Waals surface area contributed by atoms with Crippen molar-refractivity contribution in [1.82, 2.24) is 14.8 Å². The largest absolute Gasteiger partial charge is 0.545 e. The van der Waals surface area contributed by atoms with E-state index in [4.69, 9.17) is 0 Å². The van der Waals surface area contributed by atoms with Gasteiger partial charge in [-0.15, -0.1) is 10.2 Å². The summed E-state index contributed by atoms with van der Waals surface area (Å²) in [5.74, 6) is -0.738. The minimum absolute atomic E-state index is 0.0530. The van der Waals surface area contributed by atoms with E-state index in [0.717, 1.165) is 11.4 Å². The van der Waals surface area contributed by atoms with Crippen molar-refractivity contribution in [2.24, 2.45) is 0 Å². The fraction of sp³-hybridized carbons (Fsp3) is 0.200. The number of aromatic nitrogens is 3. The zero-order valence-electron chi connectivity index (χ0n) is 15.3. The van der Waals surface area contributed by atoms with Gasteiger partial charge in [0.15, 0.2) is 5.16 Å². The SMILES string of the molecule is CCn1c(Cc2ccccc2)nnc1SCC(=O)Nc1ccccc1C(=O)[O-]. The van der Waals surface area contributed by atoms with Crippen molar-refractivity contribution in [2.45, 2.75) is 25.0 Å². The topological polar surface area (TPSA) is 99.9 Å². The number of amides is 1. The number of rotatable bonds is 8. The highest BCUT2D eigenvalue weighted by Gasteiger charge is 2.14. The first-order valence-corrected chi connectivity index (χ1v) is 9.76. The van der Waals surface area contributed by atoms with Crippen LogP contribution in [0.4, 0.5) is 5.69 Å². The van der Waals surface area contributed by atoms with Gasteiger partial charge in [-0.05, 0) is 18.6 Å². The summed E-state index contributed by atoms with van der Waals surface area (Å²) in [5, 5.41) is 22.8. The first kappa shape index (κ1) is 19.6. The number of carboxylic acid groups (broad SMARTS) is 1. The first-order chi connectivity index (χ1) is 13.6. The minimum Gasteiger partial charge on any atom is -0.545 e. The van der Waals surface area contributed by atoms with Gasteiger partial charge in [-0.3, -0.25) is 4.79 Å². The molecule has 0 saturated carbocycles. The van der Waals surface area contributed by atoms with Gasteiger partial charge in [0.25, 0.3) is 0 Å². The van der Waals surface area contributed by atoms with Crippen LogP contribution in [0.25, 0.3) is 0 Å². The maximum Gasteiger partial charge on any atom is 0.234 e. The first-order valence-electron chi connectivity index (χ1n) is 8.77. The van der Waals surface area contributed by atoms with E-state index in [1.807, 2.05) is 41.8 Å². The van der Waals surface area contributed by atoms with Crippen LogP contribution in [0.2, 0.25) is 0 Å². The summed E-state index contributed by atoms with van der Waals surface area (Å²) < 4.78 is 1.97. The number of para-hydroxylation sites is 1. The summed E-state index contributed by atoms with van der Waals surface area (Å²) in [7, 11) is 0. The van der Waals surface area contributed by atoms with E-state index < -0.39 is 5.97 Å². The smallest absolute Gasteiger partial charge is 0.234 e. The van der Waals surface area contributed by atoms with Crippen molar-refractivity contribution in [3.8, 4) is 0 Å². The van der Waals surface area contributed by atoms with Crippen LogP contribution in [0, 0.1) is 0 Å². The summed E-state index contributed by atoms with van der Waals surface area (Å²) in [4.78, 5) is 23.4.